The molecular weight excluding hydrogens is 323 g/mol. The van der Waals surface area contributed by atoms with E-state index in [1.165, 1.54) is 24.3 Å². The predicted octanol–water partition coefficient (Wildman–Crippen LogP) is 3.78. The van der Waals surface area contributed by atoms with Crippen molar-refractivity contribution in [2.75, 3.05) is 13.2 Å². The molecule has 4 nitrogen and oxygen atoms in total. The van der Waals surface area contributed by atoms with Gasteiger partial charge in [-0.25, -0.2) is 9.18 Å². The molecule has 0 N–H and O–H groups in total. The third-order valence-electron chi connectivity index (χ3n) is 3.63. The van der Waals surface area contributed by atoms with Gasteiger partial charge in [0.15, 0.2) is 19.0 Å². The highest BCUT2D eigenvalue weighted by Gasteiger charge is 2.11. The van der Waals surface area contributed by atoms with Crippen molar-refractivity contribution in [1.29, 1.82) is 0 Å². The molecule has 0 aliphatic carbocycles. The Morgan fingerprint density at radius 3 is 2.36 bits per heavy atom. The Kier molecular flexibility index (Phi) is 5.04. The zero-order valence-corrected chi connectivity index (χ0v) is 13.3. The van der Waals surface area contributed by atoms with Crippen LogP contribution in [0.25, 0.3) is 10.8 Å². The number of esters is 1. The van der Waals surface area contributed by atoms with Gasteiger partial charge >= 0.3 is 5.97 Å². The van der Waals surface area contributed by atoms with E-state index in [1.54, 1.807) is 6.07 Å². The molecule has 0 radical (unpaired) electrons. The molecule has 126 valence electrons. The molecule has 0 unspecified atom stereocenters. The second-order valence-corrected chi connectivity index (χ2v) is 5.36. The maximum absolute atomic E-state index is 12.8. The number of ether oxygens (including phenoxy) is 2. The van der Waals surface area contributed by atoms with Crippen LogP contribution >= 0.6 is 0 Å². The lowest BCUT2D eigenvalue weighted by molar-refractivity contribution is -0.144. The van der Waals surface area contributed by atoms with Crippen LogP contribution in [0.5, 0.6) is 5.75 Å². The SMILES string of the molecule is O=C(COc1cccc2ccccc12)OCC(=O)c1ccc(F)cc1. The molecule has 0 aliphatic rings. The van der Waals surface area contributed by atoms with Gasteiger partial charge in [-0.1, -0.05) is 36.4 Å². The summed E-state index contributed by atoms with van der Waals surface area (Å²) in [6.07, 6.45) is 0. The zero-order valence-electron chi connectivity index (χ0n) is 13.3. The molecule has 0 amide bonds. The standard InChI is InChI=1S/C20H15FO4/c21-16-10-8-15(9-11-16)18(22)12-25-20(23)13-24-19-7-3-5-14-4-1-2-6-17(14)19/h1-11H,12-13H2. The number of carbonyl (C=O) groups excluding carboxylic acids is 2. The van der Waals surface area contributed by atoms with E-state index in [9.17, 15) is 14.0 Å². The van der Waals surface area contributed by atoms with Crippen LogP contribution in [-0.2, 0) is 9.53 Å². The Balaban J connectivity index is 1.54. The Morgan fingerprint density at radius 2 is 1.56 bits per heavy atom. The largest absolute Gasteiger partial charge is 0.481 e. The second-order valence-electron chi connectivity index (χ2n) is 5.36. The molecule has 0 aliphatic heterocycles. The summed E-state index contributed by atoms with van der Waals surface area (Å²) in [5.41, 5.74) is 0.282. The molecule has 0 aromatic heterocycles. The van der Waals surface area contributed by atoms with Crippen LogP contribution in [0.15, 0.2) is 66.7 Å². The molecule has 3 aromatic rings. The first-order chi connectivity index (χ1) is 12.1. The van der Waals surface area contributed by atoms with E-state index in [4.69, 9.17) is 9.47 Å². The van der Waals surface area contributed by atoms with Gasteiger partial charge < -0.3 is 9.47 Å². The monoisotopic (exact) mass is 338 g/mol. The fourth-order valence-corrected chi connectivity index (χ4v) is 2.37. The van der Waals surface area contributed by atoms with Gasteiger partial charge in [-0.15, -0.1) is 0 Å². The number of hydrogen-bond donors (Lipinski definition) is 0. The highest BCUT2D eigenvalue weighted by Crippen LogP contribution is 2.24. The number of ketones is 1. The van der Waals surface area contributed by atoms with Crippen molar-refractivity contribution in [1.82, 2.24) is 0 Å². The van der Waals surface area contributed by atoms with Crippen molar-refractivity contribution >= 4 is 22.5 Å². The number of rotatable bonds is 6. The van der Waals surface area contributed by atoms with Gasteiger partial charge in [0, 0.05) is 10.9 Å². The maximum Gasteiger partial charge on any atom is 0.344 e. The van der Waals surface area contributed by atoms with Crippen LogP contribution in [-0.4, -0.2) is 25.0 Å². The van der Waals surface area contributed by atoms with Crippen molar-refractivity contribution in [2.24, 2.45) is 0 Å². The van der Waals surface area contributed by atoms with Crippen molar-refractivity contribution in [2.45, 2.75) is 0 Å². The third-order valence-corrected chi connectivity index (χ3v) is 3.63. The molecule has 0 saturated heterocycles. The first-order valence-corrected chi connectivity index (χ1v) is 7.68. The summed E-state index contributed by atoms with van der Waals surface area (Å²) < 4.78 is 23.2. The van der Waals surface area contributed by atoms with Gasteiger partial charge in [0.1, 0.15) is 11.6 Å². The number of Topliss-reactive ketones (excluding diaryl/α,β-unsaturated/α-hetero) is 1. The normalized spacial score (nSPS) is 10.4. The highest BCUT2D eigenvalue weighted by atomic mass is 19.1. The molecule has 0 heterocycles. The highest BCUT2D eigenvalue weighted by molar-refractivity contribution is 5.98. The number of halogens is 1. The Bertz CT molecular complexity index is 898. The average molecular weight is 338 g/mol. The Morgan fingerprint density at radius 1 is 0.840 bits per heavy atom. The summed E-state index contributed by atoms with van der Waals surface area (Å²) in [4.78, 5) is 23.7. The number of fused-ring (bicyclic) bond motifs is 1. The molecule has 3 aromatic carbocycles. The summed E-state index contributed by atoms with van der Waals surface area (Å²) in [5.74, 6) is -0.918. The molecule has 0 bridgehead atoms. The molecular formula is C20H15FO4. The molecule has 0 saturated carbocycles. The van der Waals surface area contributed by atoms with E-state index < -0.39 is 24.2 Å². The summed E-state index contributed by atoms with van der Waals surface area (Å²) in [6, 6.07) is 18.2. The fourth-order valence-electron chi connectivity index (χ4n) is 2.37. The van der Waals surface area contributed by atoms with E-state index in [0.717, 1.165) is 10.8 Å². The molecule has 3 rings (SSSR count). The van der Waals surface area contributed by atoms with Crippen molar-refractivity contribution < 1.29 is 23.5 Å². The van der Waals surface area contributed by atoms with Crippen LogP contribution in [0.4, 0.5) is 4.39 Å². The smallest absolute Gasteiger partial charge is 0.344 e. The van der Waals surface area contributed by atoms with E-state index >= 15 is 0 Å². The first kappa shape index (κ1) is 16.6. The quantitative estimate of drug-likeness (QED) is 0.507. The Hall–Kier alpha value is -3.21. The molecule has 5 heteroatoms. The zero-order chi connectivity index (χ0) is 17.6. The fraction of sp³-hybridized carbons (Fsp3) is 0.100. The van der Waals surface area contributed by atoms with Crippen LogP contribution in [0.2, 0.25) is 0 Å². The lowest BCUT2D eigenvalue weighted by Crippen LogP contribution is -2.19. The maximum atomic E-state index is 12.8. The summed E-state index contributed by atoms with van der Waals surface area (Å²) in [5, 5.41) is 1.89. The third kappa shape index (κ3) is 4.20. The first-order valence-electron chi connectivity index (χ1n) is 7.68. The van der Waals surface area contributed by atoms with Gasteiger partial charge in [-0.3, -0.25) is 4.79 Å². The van der Waals surface area contributed by atoms with Crippen molar-refractivity contribution in [3.8, 4) is 5.75 Å². The van der Waals surface area contributed by atoms with Gasteiger partial charge in [0.25, 0.3) is 0 Å². The number of carbonyl (C=O) groups is 2. The van der Waals surface area contributed by atoms with Crippen LogP contribution in [0.3, 0.4) is 0 Å². The average Bonchev–Trinajstić information content (AvgIpc) is 2.65. The lowest BCUT2D eigenvalue weighted by atomic mass is 10.1. The predicted molar refractivity (Wildman–Crippen MR) is 91.1 cm³/mol. The van der Waals surface area contributed by atoms with E-state index in [0.29, 0.717) is 5.75 Å². The summed E-state index contributed by atoms with van der Waals surface area (Å²) >= 11 is 0. The molecule has 0 spiro atoms. The lowest BCUT2D eigenvalue weighted by Gasteiger charge is -2.09. The van der Waals surface area contributed by atoms with Crippen LogP contribution in [0.1, 0.15) is 10.4 Å². The summed E-state index contributed by atoms with van der Waals surface area (Å²) in [7, 11) is 0. The summed E-state index contributed by atoms with van der Waals surface area (Å²) in [6.45, 7) is -0.714. The Labute approximate surface area is 143 Å². The van der Waals surface area contributed by atoms with Crippen molar-refractivity contribution in [3.05, 3.63) is 78.1 Å². The van der Waals surface area contributed by atoms with E-state index in [2.05, 4.69) is 0 Å². The minimum Gasteiger partial charge on any atom is -0.481 e. The van der Waals surface area contributed by atoms with Gasteiger partial charge in [-0.2, -0.15) is 0 Å². The number of benzene rings is 3. The van der Waals surface area contributed by atoms with Crippen molar-refractivity contribution in [3.63, 3.8) is 0 Å². The molecule has 0 fully saturated rings. The van der Waals surface area contributed by atoms with E-state index in [1.807, 2.05) is 36.4 Å². The van der Waals surface area contributed by atoms with Gasteiger partial charge in [0.2, 0.25) is 0 Å². The molecule has 0 atom stereocenters. The number of hydrogen-bond acceptors (Lipinski definition) is 4. The molecule has 25 heavy (non-hydrogen) atoms. The second kappa shape index (κ2) is 7.57. The van der Waals surface area contributed by atoms with Crippen LogP contribution in [0, 0.1) is 5.82 Å². The van der Waals surface area contributed by atoms with E-state index in [-0.39, 0.29) is 12.2 Å². The van der Waals surface area contributed by atoms with Crippen LogP contribution < -0.4 is 4.74 Å². The van der Waals surface area contributed by atoms with Gasteiger partial charge in [-0.05, 0) is 35.7 Å². The minimum absolute atomic E-state index is 0.282. The van der Waals surface area contributed by atoms with Gasteiger partial charge in [0.05, 0.1) is 0 Å². The topological polar surface area (TPSA) is 52.6 Å². The minimum atomic E-state index is -0.650.